The molecule has 5 heteroatoms. The smallest absolute Gasteiger partial charge is 0.225 e. The highest BCUT2D eigenvalue weighted by Gasteiger charge is 2.31. The summed E-state index contributed by atoms with van der Waals surface area (Å²) in [5.41, 5.74) is 0. The highest BCUT2D eigenvalue weighted by Crippen LogP contribution is 2.21. The zero-order valence-corrected chi connectivity index (χ0v) is 12.4. The van der Waals surface area contributed by atoms with Gasteiger partial charge < -0.3 is 15.0 Å². The summed E-state index contributed by atoms with van der Waals surface area (Å²) in [6, 6.07) is 0.602. The maximum absolute atomic E-state index is 12.3. The molecule has 0 radical (unpaired) electrons. The van der Waals surface area contributed by atoms with E-state index in [1.165, 1.54) is 32.4 Å². The molecule has 2 atom stereocenters. The average Bonchev–Trinajstić information content (AvgIpc) is 2.99. The Morgan fingerprint density at radius 3 is 2.80 bits per heavy atom. The van der Waals surface area contributed by atoms with E-state index in [1.54, 1.807) is 0 Å². The lowest BCUT2D eigenvalue weighted by Gasteiger charge is -2.32. The number of piperidine rings is 1. The van der Waals surface area contributed by atoms with Gasteiger partial charge in [-0.05, 0) is 32.4 Å². The molecule has 114 valence electrons. The minimum absolute atomic E-state index is 0.0743. The molecule has 0 aromatic rings. The third-order valence-electron chi connectivity index (χ3n) is 4.83. The van der Waals surface area contributed by atoms with Gasteiger partial charge >= 0.3 is 0 Å². The van der Waals surface area contributed by atoms with Crippen molar-refractivity contribution in [2.45, 2.75) is 44.2 Å². The Kier molecular flexibility index (Phi) is 4.91. The maximum atomic E-state index is 12.3. The van der Waals surface area contributed by atoms with Crippen molar-refractivity contribution in [3.63, 3.8) is 0 Å². The van der Waals surface area contributed by atoms with E-state index < -0.39 is 0 Å². The fourth-order valence-corrected chi connectivity index (χ4v) is 3.62. The van der Waals surface area contributed by atoms with E-state index in [-0.39, 0.29) is 12.0 Å². The first-order valence-corrected chi connectivity index (χ1v) is 8.17. The number of rotatable bonds is 3. The number of likely N-dealkylation sites (tertiary alicyclic amines) is 2. The Morgan fingerprint density at radius 1 is 1.20 bits per heavy atom. The molecule has 3 aliphatic rings. The van der Waals surface area contributed by atoms with Gasteiger partial charge in [-0.2, -0.15) is 0 Å². The Balaban J connectivity index is 1.45. The van der Waals surface area contributed by atoms with Crippen molar-refractivity contribution >= 4 is 5.91 Å². The van der Waals surface area contributed by atoms with E-state index in [4.69, 9.17) is 4.74 Å². The van der Waals surface area contributed by atoms with Crippen molar-refractivity contribution in [2.75, 3.05) is 45.9 Å². The lowest BCUT2D eigenvalue weighted by molar-refractivity contribution is -0.133. The van der Waals surface area contributed by atoms with Gasteiger partial charge in [0.05, 0.1) is 19.1 Å². The topological polar surface area (TPSA) is 44.8 Å². The van der Waals surface area contributed by atoms with Gasteiger partial charge in [-0.15, -0.1) is 0 Å². The van der Waals surface area contributed by atoms with E-state index in [9.17, 15) is 4.79 Å². The zero-order chi connectivity index (χ0) is 13.8. The minimum Gasteiger partial charge on any atom is -0.375 e. The molecular weight excluding hydrogens is 254 g/mol. The lowest BCUT2D eigenvalue weighted by atomic mass is 10.1. The number of carbonyl (C=O) groups is 1. The fourth-order valence-electron chi connectivity index (χ4n) is 3.62. The summed E-state index contributed by atoms with van der Waals surface area (Å²) < 4.78 is 5.63. The number of hydrogen-bond donors (Lipinski definition) is 1. The van der Waals surface area contributed by atoms with E-state index in [1.807, 2.05) is 0 Å². The van der Waals surface area contributed by atoms with E-state index in [0.29, 0.717) is 12.5 Å². The molecule has 1 N–H and O–H groups in total. The Labute approximate surface area is 121 Å². The predicted octanol–water partition coefficient (Wildman–Crippen LogP) is 0.452. The van der Waals surface area contributed by atoms with Gasteiger partial charge in [0.1, 0.15) is 0 Å². The molecule has 2 unspecified atom stereocenters. The van der Waals surface area contributed by atoms with Crippen LogP contribution in [0.1, 0.15) is 32.1 Å². The molecule has 0 spiro atoms. The molecule has 20 heavy (non-hydrogen) atoms. The second-order valence-electron chi connectivity index (χ2n) is 6.28. The van der Waals surface area contributed by atoms with Gasteiger partial charge in [-0.1, -0.05) is 6.42 Å². The Hall–Kier alpha value is -0.650. The first kappa shape index (κ1) is 14.3. The number of hydrogen-bond acceptors (Lipinski definition) is 4. The Bertz CT molecular complexity index is 325. The molecule has 0 saturated carbocycles. The number of morpholine rings is 1. The van der Waals surface area contributed by atoms with Crippen LogP contribution in [0.2, 0.25) is 0 Å². The molecule has 3 rings (SSSR count). The number of amides is 1. The molecule has 5 nitrogen and oxygen atoms in total. The maximum Gasteiger partial charge on any atom is 0.225 e. The first-order chi connectivity index (χ1) is 9.83. The van der Waals surface area contributed by atoms with Crippen LogP contribution in [0.25, 0.3) is 0 Å². The van der Waals surface area contributed by atoms with Crippen molar-refractivity contribution < 1.29 is 9.53 Å². The normalized spacial score (nSPS) is 32.5. The third-order valence-corrected chi connectivity index (χ3v) is 4.83. The highest BCUT2D eigenvalue weighted by molar-refractivity contribution is 5.77. The van der Waals surface area contributed by atoms with Gasteiger partial charge in [0, 0.05) is 32.2 Å². The summed E-state index contributed by atoms with van der Waals surface area (Å²) in [7, 11) is 0. The van der Waals surface area contributed by atoms with Gasteiger partial charge in [-0.3, -0.25) is 9.69 Å². The van der Waals surface area contributed by atoms with Crippen molar-refractivity contribution in [1.29, 1.82) is 0 Å². The molecule has 0 aromatic heterocycles. The summed E-state index contributed by atoms with van der Waals surface area (Å²) in [6.07, 6.45) is 5.79. The fraction of sp³-hybridized carbons (Fsp3) is 0.933. The number of nitrogens with one attached hydrogen (secondary N) is 1. The molecule has 3 fully saturated rings. The molecule has 3 saturated heterocycles. The van der Waals surface area contributed by atoms with Gasteiger partial charge in [-0.25, -0.2) is 0 Å². The van der Waals surface area contributed by atoms with Crippen molar-refractivity contribution in [1.82, 2.24) is 15.1 Å². The van der Waals surface area contributed by atoms with Gasteiger partial charge in [0.25, 0.3) is 0 Å². The highest BCUT2D eigenvalue weighted by atomic mass is 16.5. The second-order valence-corrected chi connectivity index (χ2v) is 6.28. The van der Waals surface area contributed by atoms with Crippen molar-refractivity contribution in [3.8, 4) is 0 Å². The van der Waals surface area contributed by atoms with Crippen LogP contribution in [0.3, 0.4) is 0 Å². The van der Waals surface area contributed by atoms with E-state index in [2.05, 4.69) is 15.1 Å². The summed E-state index contributed by atoms with van der Waals surface area (Å²) in [5.74, 6) is 0.276. The number of nitrogens with zero attached hydrogens (tertiary/aromatic N) is 2. The van der Waals surface area contributed by atoms with Gasteiger partial charge in [0.2, 0.25) is 5.91 Å². The monoisotopic (exact) mass is 281 g/mol. The van der Waals surface area contributed by atoms with Crippen LogP contribution in [0.5, 0.6) is 0 Å². The second kappa shape index (κ2) is 6.87. The molecule has 0 aromatic carbocycles. The molecular formula is C15H27N3O2. The van der Waals surface area contributed by atoms with Crippen LogP contribution in [-0.2, 0) is 9.53 Å². The summed E-state index contributed by atoms with van der Waals surface area (Å²) in [6.45, 7) is 6.76. The standard InChI is InChI=1S/C15H27N3O2/c19-15(10-14-11-16-5-9-20-14)18-8-4-13(12-18)17-6-2-1-3-7-17/h13-14,16H,1-12H2. The zero-order valence-electron chi connectivity index (χ0n) is 12.4. The quantitative estimate of drug-likeness (QED) is 0.816. The van der Waals surface area contributed by atoms with Crippen LogP contribution in [0, 0.1) is 0 Å². The van der Waals surface area contributed by atoms with E-state index in [0.717, 1.165) is 39.2 Å². The third kappa shape index (κ3) is 3.51. The summed E-state index contributed by atoms with van der Waals surface area (Å²) >= 11 is 0. The largest absolute Gasteiger partial charge is 0.375 e. The number of ether oxygens (including phenoxy) is 1. The predicted molar refractivity (Wildman–Crippen MR) is 77.6 cm³/mol. The lowest BCUT2D eigenvalue weighted by Crippen LogP contribution is -2.44. The Morgan fingerprint density at radius 2 is 2.05 bits per heavy atom. The molecule has 0 bridgehead atoms. The van der Waals surface area contributed by atoms with Crippen molar-refractivity contribution in [2.24, 2.45) is 0 Å². The van der Waals surface area contributed by atoms with Crippen LogP contribution in [0.15, 0.2) is 0 Å². The summed E-state index contributed by atoms with van der Waals surface area (Å²) in [5, 5.41) is 3.29. The van der Waals surface area contributed by atoms with Crippen LogP contribution < -0.4 is 5.32 Å². The molecule has 0 aliphatic carbocycles. The SMILES string of the molecule is O=C(CC1CNCCO1)N1CCC(N2CCCCC2)C1. The molecule has 3 heterocycles. The molecule has 1 amide bonds. The van der Waals surface area contributed by atoms with Crippen molar-refractivity contribution in [3.05, 3.63) is 0 Å². The first-order valence-electron chi connectivity index (χ1n) is 8.17. The van der Waals surface area contributed by atoms with Gasteiger partial charge in [0.15, 0.2) is 0 Å². The van der Waals surface area contributed by atoms with E-state index >= 15 is 0 Å². The molecule has 3 aliphatic heterocycles. The van der Waals surface area contributed by atoms with Crippen LogP contribution >= 0.6 is 0 Å². The number of carbonyl (C=O) groups excluding carboxylic acids is 1. The van der Waals surface area contributed by atoms with Crippen LogP contribution in [-0.4, -0.2) is 73.7 Å². The average molecular weight is 281 g/mol. The summed E-state index contributed by atoms with van der Waals surface area (Å²) in [4.78, 5) is 17.0. The van der Waals surface area contributed by atoms with Crippen LogP contribution in [0.4, 0.5) is 0 Å². The minimum atomic E-state index is 0.0743.